The highest BCUT2D eigenvalue weighted by Crippen LogP contribution is 2.64. The molecule has 18 heteroatoms. The van der Waals surface area contributed by atoms with E-state index in [2.05, 4.69) is 0 Å². The van der Waals surface area contributed by atoms with Crippen LogP contribution in [0.25, 0.3) is 66.1 Å². The Bertz CT molecular complexity index is 2410. The van der Waals surface area contributed by atoms with Gasteiger partial charge in [-0.05, 0) is 148 Å². The summed E-state index contributed by atoms with van der Waals surface area (Å²) >= 11 is 0. The zero-order valence-electron chi connectivity index (χ0n) is 29.1. The van der Waals surface area contributed by atoms with E-state index in [1.165, 1.54) is 48.5 Å². The highest BCUT2D eigenvalue weighted by Gasteiger charge is 2.66. The Morgan fingerprint density at radius 3 is 0.750 bits per heavy atom. The minimum absolute atomic E-state index is 0.0641. The molecule has 6 aromatic carbocycles. The molecule has 0 heterocycles. The summed E-state index contributed by atoms with van der Waals surface area (Å²) in [5.41, 5.74) is -8.33. The van der Waals surface area contributed by atoms with Gasteiger partial charge >= 0.3 is 40.8 Å². The van der Waals surface area contributed by atoms with Crippen LogP contribution in [0, 0.1) is 0 Å². The smallest absolute Gasteiger partial charge is 0.423 e. The summed E-state index contributed by atoms with van der Waals surface area (Å²) < 4.78 is 96.1. The molecule has 0 bridgehead atoms. The van der Waals surface area contributed by atoms with Crippen LogP contribution in [-0.2, 0) is 10.8 Å². The molecule has 0 fully saturated rings. The predicted molar refractivity (Wildman–Crippen MR) is 201 cm³/mol. The van der Waals surface area contributed by atoms with Crippen LogP contribution in [0.2, 0.25) is 0 Å². The second-order valence-corrected chi connectivity index (χ2v) is 15.1. The SMILES string of the molecule is CC1(C(F)(F)F)c2cc3c(cc2C(C)(C(F)(F)F)c2cc4c(cc21)-c1cc(B(O)O)cc2cc(B(O)O)cc-4c12)-c1cc(B(O)O)cc2cc(B(O)O)cc-3c12. The molecule has 8 nitrogen and oxygen atoms in total. The van der Waals surface area contributed by atoms with Gasteiger partial charge in [0.2, 0.25) is 0 Å². The van der Waals surface area contributed by atoms with Gasteiger partial charge in [0.15, 0.2) is 0 Å². The summed E-state index contributed by atoms with van der Waals surface area (Å²) in [6.45, 7) is 1.61. The Balaban J connectivity index is 1.41. The van der Waals surface area contributed by atoms with Crippen LogP contribution in [0.3, 0.4) is 0 Å². The van der Waals surface area contributed by atoms with Crippen LogP contribution < -0.4 is 21.9 Å². The third-order valence-corrected chi connectivity index (χ3v) is 12.1. The summed E-state index contributed by atoms with van der Waals surface area (Å²) in [6.07, 6.45) is -10.4. The molecule has 0 aromatic heterocycles. The fourth-order valence-corrected chi connectivity index (χ4v) is 9.22. The van der Waals surface area contributed by atoms with E-state index in [9.17, 15) is 40.2 Å². The first-order chi connectivity index (χ1) is 26.1. The van der Waals surface area contributed by atoms with Gasteiger partial charge in [0.1, 0.15) is 10.8 Å². The van der Waals surface area contributed by atoms with E-state index >= 15 is 26.3 Å². The monoisotopic (exact) mass is 768 g/mol. The third-order valence-electron chi connectivity index (χ3n) is 12.1. The highest BCUT2D eigenvalue weighted by molar-refractivity contribution is 6.61. The van der Waals surface area contributed by atoms with E-state index in [1.807, 2.05) is 0 Å². The van der Waals surface area contributed by atoms with Gasteiger partial charge in [-0.15, -0.1) is 0 Å². The van der Waals surface area contributed by atoms with Crippen molar-refractivity contribution in [2.24, 2.45) is 0 Å². The van der Waals surface area contributed by atoms with Crippen molar-refractivity contribution in [1.82, 2.24) is 0 Å². The van der Waals surface area contributed by atoms with Crippen molar-refractivity contribution >= 4 is 71.9 Å². The molecule has 0 radical (unpaired) electrons. The fourth-order valence-electron chi connectivity index (χ4n) is 9.22. The summed E-state index contributed by atoms with van der Waals surface area (Å²) in [4.78, 5) is 0. The Labute approximate surface area is 314 Å². The minimum Gasteiger partial charge on any atom is -0.423 e. The van der Waals surface area contributed by atoms with Crippen LogP contribution in [0.15, 0.2) is 72.8 Å². The number of benzene rings is 6. The summed E-state index contributed by atoms with van der Waals surface area (Å²) in [5, 5.41) is 82.1. The van der Waals surface area contributed by atoms with Crippen molar-refractivity contribution in [3.05, 3.63) is 95.1 Å². The summed E-state index contributed by atoms with van der Waals surface area (Å²) in [7, 11) is -8.21. The second-order valence-electron chi connectivity index (χ2n) is 15.1. The van der Waals surface area contributed by atoms with E-state index in [-0.39, 0.29) is 77.1 Å². The van der Waals surface area contributed by atoms with E-state index in [4.69, 9.17) is 0 Å². The van der Waals surface area contributed by atoms with Gasteiger partial charge in [-0.2, -0.15) is 26.3 Å². The lowest BCUT2D eigenvalue weighted by Gasteiger charge is -2.48. The molecule has 6 aromatic rings. The lowest BCUT2D eigenvalue weighted by Crippen LogP contribution is -2.53. The Kier molecular flexibility index (Phi) is 7.58. The quantitative estimate of drug-likeness (QED) is 0.0999. The van der Waals surface area contributed by atoms with Crippen molar-refractivity contribution < 1.29 is 66.5 Å². The molecule has 9 rings (SSSR count). The van der Waals surface area contributed by atoms with Crippen molar-refractivity contribution in [2.75, 3.05) is 0 Å². The maximum atomic E-state index is 16.0. The molecule has 0 unspecified atom stereocenters. The normalized spacial score (nSPS) is 18.9. The Morgan fingerprint density at radius 2 is 0.571 bits per heavy atom. The molecule has 0 spiro atoms. The first kappa shape index (κ1) is 37.0. The van der Waals surface area contributed by atoms with Crippen molar-refractivity contribution in [2.45, 2.75) is 37.0 Å². The van der Waals surface area contributed by atoms with Crippen molar-refractivity contribution in [3.8, 4) is 44.5 Å². The van der Waals surface area contributed by atoms with Gasteiger partial charge in [-0.1, -0.05) is 48.5 Å². The first-order valence-corrected chi connectivity index (χ1v) is 17.3. The fraction of sp³-hybridized carbons (Fsp3) is 0.158. The van der Waals surface area contributed by atoms with E-state index in [0.717, 1.165) is 38.1 Å². The molecule has 3 aliphatic rings. The summed E-state index contributed by atoms with van der Waals surface area (Å²) in [5.74, 6) is 0. The average molecular weight is 768 g/mol. The van der Waals surface area contributed by atoms with Crippen LogP contribution >= 0.6 is 0 Å². The Hall–Kier alpha value is -4.64. The zero-order chi connectivity index (χ0) is 40.3. The zero-order valence-corrected chi connectivity index (χ0v) is 29.1. The number of fused-ring (bicyclic) bond motifs is 8. The number of halogens is 6. The number of rotatable bonds is 4. The van der Waals surface area contributed by atoms with Crippen LogP contribution in [0.5, 0.6) is 0 Å². The average Bonchev–Trinajstić information content (AvgIpc) is 3.60. The summed E-state index contributed by atoms with van der Waals surface area (Å²) in [6, 6.07) is 14.9. The lowest BCUT2D eigenvalue weighted by molar-refractivity contribution is -0.188. The third kappa shape index (κ3) is 4.66. The number of alkyl halides is 6. The van der Waals surface area contributed by atoms with Crippen LogP contribution in [-0.4, -0.2) is 81.0 Å². The molecule has 0 atom stereocenters. The molecule has 0 saturated carbocycles. The molecular weight excluding hydrogens is 742 g/mol. The van der Waals surface area contributed by atoms with Crippen molar-refractivity contribution in [3.63, 3.8) is 0 Å². The molecular formula is C38H26B4F6O8. The van der Waals surface area contributed by atoms with Gasteiger partial charge < -0.3 is 40.2 Å². The Morgan fingerprint density at radius 1 is 0.357 bits per heavy atom. The van der Waals surface area contributed by atoms with Gasteiger partial charge in [0, 0.05) is 0 Å². The minimum atomic E-state index is -5.22. The molecule has 8 N–H and O–H groups in total. The molecule has 0 amide bonds. The second kappa shape index (κ2) is 11.5. The predicted octanol–water partition coefficient (Wildman–Crippen LogP) is 2.06. The molecule has 280 valence electrons. The largest absolute Gasteiger partial charge is 0.488 e. The topological polar surface area (TPSA) is 162 Å². The molecule has 0 saturated heterocycles. The molecule has 3 aliphatic carbocycles. The van der Waals surface area contributed by atoms with E-state index < -0.39 is 73.9 Å². The number of hydrogen-bond acceptors (Lipinski definition) is 8. The maximum absolute atomic E-state index is 16.0. The molecule has 0 aliphatic heterocycles. The van der Waals surface area contributed by atoms with Crippen LogP contribution in [0.1, 0.15) is 36.1 Å². The van der Waals surface area contributed by atoms with Crippen molar-refractivity contribution in [1.29, 1.82) is 0 Å². The van der Waals surface area contributed by atoms with E-state index in [0.29, 0.717) is 10.8 Å². The first-order valence-electron chi connectivity index (χ1n) is 17.3. The van der Waals surface area contributed by atoms with Gasteiger partial charge in [-0.25, -0.2) is 0 Å². The maximum Gasteiger partial charge on any atom is 0.488 e. The molecule has 56 heavy (non-hydrogen) atoms. The standard InChI is InChI=1S/C38H26B4F6O8/c1-35(37(43,44)45)29-11-21-23(27-9-19(41(53)54)5-15-3-17(39(49)50)7-25(21)33(15)27)13-31(29)36(2,38(46,47)48)32-14-24-22(12-30(32)35)26-8-18(40(51)52)4-16-6-20(42(55)56)10-28(24)34(16)26/h3-14,49-56H,1-2H3. The van der Waals surface area contributed by atoms with E-state index in [1.54, 1.807) is 0 Å². The van der Waals surface area contributed by atoms with Gasteiger partial charge in [0.05, 0.1) is 0 Å². The van der Waals surface area contributed by atoms with Gasteiger partial charge in [-0.3, -0.25) is 0 Å². The highest BCUT2D eigenvalue weighted by atomic mass is 19.4. The lowest BCUT2D eigenvalue weighted by atomic mass is 9.57. The number of hydrogen-bond donors (Lipinski definition) is 8. The van der Waals surface area contributed by atoms with Gasteiger partial charge in [0.25, 0.3) is 0 Å². The van der Waals surface area contributed by atoms with Crippen LogP contribution in [0.4, 0.5) is 26.3 Å².